The van der Waals surface area contributed by atoms with Crippen molar-refractivity contribution in [1.82, 2.24) is 35.6 Å². The van der Waals surface area contributed by atoms with Crippen LogP contribution in [0.4, 0.5) is 0 Å². The molecule has 0 saturated carbocycles. The second-order valence-electron chi connectivity index (χ2n) is 19.8. The molecule has 2 aromatic carbocycles. The van der Waals surface area contributed by atoms with Gasteiger partial charge in [0, 0.05) is 59.8 Å². The number of carbonyl (C=O) groups excluding carboxylic acids is 6. The van der Waals surface area contributed by atoms with Crippen molar-refractivity contribution >= 4 is 74.7 Å². The summed E-state index contributed by atoms with van der Waals surface area (Å²) in [4.78, 5) is 104. The number of hydrogen-bond donors (Lipinski definition) is 4. The standard InChI is InChI=1S/C53H79N7O10S2/c1-13-33(4)45(40(69-10)31-43(62)60-28-20-23-39(60)46(70-11)34(5)47(63)55-38(50(66)67)29-35-21-16-14-17-22-35)58(8)49(65)44(32(2)3)57-51(68)53(6,7)59(9)42(61)24-18-15-19-27-54-48(64)36-25-26-37-41(30-36)72-52(56-37)71-12/h14,16-17,21-22,25-26,30,32-34,38-40,44-46H,13,15,18-20,23-24,27-29,31H2,1-12H3,(H,54,64)(H,55,63)(H,57,68)(H,66,67)/t33-,34+,38-,39-,40+,44-,45-,46+/m0/s1. The Morgan fingerprint density at radius 2 is 1.65 bits per heavy atom. The smallest absolute Gasteiger partial charge is 0.326 e. The molecule has 0 aliphatic carbocycles. The molecule has 0 radical (unpaired) electrons. The summed E-state index contributed by atoms with van der Waals surface area (Å²) in [6, 6.07) is 11.3. The van der Waals surface area contributed by atoms with Crippen molar-refractivity contribution < 1.29 is 48.1 Å². The summed E-state index contributed by atoms with van der Waals surface area (Å²) in [5.74, 6) is -4.41. The van der Waals surface area contributed by atoms with Crippen LogP contribution < -0.4 is 16.0 Å². The Hall–Kier alpha value is -5.11. The van der Waals surface area contributed by atoms with Crippen LogP contribution in [-0.4, -0.2) is 156 Å². The van der Waals surface area contributed by atoms with Crippen LogP contribution in [0.5, 0.6) is 0 Å². The predicted octanol–water partition coefficient (Wildman–Crippen LogP) is 6.42. The summed E-state index contributed by atoms with van der Waals surface area (Å²) in [6.07, 6.45) is 4.53. The first-order chi connectivity index (χ1) is 34.1. The quantitative estimate of drug-likeness (QED) is 0.0458. The number of nitrogens with one attached hydrogen (secondary N) is 3. The molecule has 3 aromatic rings. The topological polar surface area (TPSA) is 217 Å². The van der Waals surface area contributed by atoms with Gasteiger partial charge < -0.3 is 45.2 Å². The van der Waals surface area contributed by atoms with Gasteiger partial charge in [-0.25, -0.2) is 9.78 Å². The Bertz CT molecular complexity index is 2310. The molecule has 398 valence electrons. The molecule has 4 rings (SSSR count). The number of ether oxygens (including phenoxy) is 2. The third kappa shape index (κ3) is 15.5. The lowest BCUT2D eigenvalue weighted by Gasteiger charge is -2.41. The number of methoxy groups -OCH3 is 2. The molecule has 1 aliphatic heterocycles. The van der Waals surface area contributed by atoms with Gasteiger partial charge in [0.05, 0.1) is 46.8 Å². The fourth-order valence-electron chi connectivity index (χ4n) is 9.36. The van der Waals surface area contributed by atoms with Crippen LogP contribution in [0.2, 0.25) is 0 Å². The molecule has 1 saturated heterocycles. The van der Waals surface area contributed by atoms with E-state index in [0.717, 1.165) is 20.1 Å². The Morgan fingerprint density at radius 3 is 2.26 bits per heavy atom. The van der Waals surface area contributed by atoms with Gasteiger partial charge in [-0.2, -0.15) is 0 Å². The largest absolute Gasteiger partial charge is 0.480 e. The molecule has 72 heavy (non-hydrogen) atoms. The number of thiazole rings is 1. The lowest BCUT2D eigenvalue weighted by molar-refractivity contribution is -0.150. The lowest BCUT2D eigenvalue weighted by Crippen LogP contribution is -2.62. The summed E-state index contributed by atoms with van der Waals surface area (Å²) in [5.41, 5.74) is 0.892. The maximum atomic E-state index is 14.6. The minimum Gasteiger partial charge on any atom is -0.480 e. The maximum Gasteiger partial charge on any atom is 0.326 e. The summed E-state index contributed by atoms with van der Waals surface area (Å²) in [6.45, 7) is 13.5. The second kappa shape index (κ2) is 27.8. The molecule has 8 atom stereocenters. The van der Waals surface area contributed by atoms with Crippen LogP contribution >= 0.6 is 23.1 Å². The summed E-state index contributed by atoms with van der Waals surface area (Å²) in [7, 11) is 6.23. The highest BCUT2D eigenvalue weighted by Crippen LogP contribution is 2.31. The van der Waals surface area contributed by atoms with Crippen LogP contribution in [0.1, 0.15) is 116 Å². The minimum atomic E-state index is -1.31. The highest BCUT2D eigenvalue weighted by Gasteiger charge is 2.44. The first-order valence-corrected chi connectivity index (χ1v) is 27.1. The van der Waals surface area contributed by atoms with E-state index in [2.05, 4.69) is 20.9 Å². The SMILES string of the molecule is CC[C@H](C)[C@@H]([C@@H](CC(=O)N1CCC[C@H]1[C@H](OC)[C@@H](C)C(=O)N[C@@H](Cc1ccccc1)C(=O)O)OC)N(C)C(=O)[C@@H](NC(=O)C(C)(C)N(C)C(=O)CCCCCNC(=O)c1ccc2nc(SC)sc2c1)C(C)C. The number of carboxylic acids is 1. The van der Waals surface area contributed by atoms with Crippen LogP contribution in [0.15, 0.2) is 52.9 Å². The number of nitrogens with zero attached hydrogens (tertiary/aromatic N) is 4. The number of likely N-dealkylation sites (tertiary alicyclic amines) is 1. The molecule has 1 aliphatic rings. The van der Waals surface area contributed by atoms with E-state index in [4.69, 9.17) is 9.47 Å². The van der Waals surface area contributed by atoms with Crippen LogP contribution in [-0.2, 0) is 44.7 Å². The fourth-order valence-corrected chi connectivity index (χ4v) is 10.9. The normalized spacial score (nSPS) is 16.8. The molecule has 6 amide bonds. The van der Waals surface area contributed by atoms with Crippen molar-refractivity contribution in [2.45, 2.75) is 153 Å². The molecule has 4 N–H and O–H groups in total. The molecule has 0 spiro atoms. The number of aliphatic carboxylic acids is 1. The monoisotopic (exact) mass is 1040 g/mol. The number of benzene rings is 2. The number of aromatic nitrogens is 1. The van der Waals surface area contributed by atoms with Gasteiger partial charge in [0.2, 0.25) is 29.5 Å². The zero-order valence-corrected chi connectivity index (χ0v) is 46.0. The van der Waals surface area contributed by atoms with E-state index in [-0.39, 0.29) is 54.7 Å². The molecule has 19 heteroatoms. The number of likely N-dealkylation sites (N-methyl/N-ethyl adjacent to an activating group) is 2. The fraction of sp³-hybridized carbons (Fsp3) is 0.623. The van der Waals surface area contributed by atoms with Crippen molar-refractivity contribution in [3.8, 4) is 0 Å². The molecular weight excluding hydrogens is 959 g/mol. The number of carbonyl (C=O) groups is 7. The van der Waals surface area contributed by atoms with Gasteiger partial charge in [0.25, 0.3) is 5.91 Å². The summed E-state index contributed by atoms with van der Waals surface area (Å²) in [5, 5.41) is 18.6. The number of amides is 6. The van der Waals surface area contributed by atoms with Gasteiger partial charge in [0.1, 0.15) is 17.6 Å². The van der Waals surface area contributed by atoms with Crippen molar-refractivity contribution in [2.75, 3.05) is 47.7 Å². The Kier molecular flexibility index (Phi) is 23.0. The molecule has 1 aromatic heterocycles. The number of carboxylic acid groups (broad SMARTS) is 1. The highest BCUT2D eigenvalue weighted by atomic mass is 32.2. The summed E-state index contributed by atoms with van der Waals surface area (Å²) >= 11 is 3.12. The predicted molar refractivity (Wildman–Crippen MR) is 282 cm³/mol. The first-order valence-electron chi connectivity index (χ1n) is 25.1. The van der Waals surface area contributed by atoms with E-state index < -0.39 is 65.6 Å². The van der Waals surface area contributed by atoms with Gasteiger partial charge >= 0.3 is 5.97 Å². The number of rotatable bonds is 28. The number of thioether (sulfide) groups is 1. The molecule has 2 heterocycles. The molecule has 0 unspecified atom stereocenters. The van der Waals surface area contributed by atoms with E-state index in [9.17, 15) is 38.7 Å². The van der Waals surface area contributed by atoms with Crippen LogP contribution in [0.25, 0.3) is 10.2 Å². The van der Waals surface area contributed by atoms with Crippen molar-refractivity contribution in [2.24, 2.45) is 17.8 Å². The molecular formula is C53H79N7O10S2. The Morgan fingerprint density at radius 1 is 0.958 bits per heavy atom. The van der Waals surface area contributed by atoms with Gasteiger partial charge in [0.15, 0.2) is 4.34 Å². The zero-order chi connectivity index (χ0) is 53.4. The molecule has 17 nitrogen and oxygen atoms in total. The third-order valence-corrected chi connectivity index (χ3v) is 16.3. The Balaban J connectivity index is 1.35. The van der Waals surface area contributed by atoms with Crippen molar-refractivity contribution in [3.63, 3.8) is 0 Å². The second-order valence-corrected chi connectivity index (χ2v) is 21.9. The molecule has 0 bridgehead atoms. The van der Waals surface area contributed by atoms with E-state index in [1.54, 1.807) is 98.1 Å². The van der Waals surface area contributed by atoms with Gasteiger partial charge in [-0.05, 0) is 81.4 Å². The zero-order valence-electron chi connectivity index (χ0n) is 44.3. The van der Waals surface area contributed by atoms with E-state index >= 15 is 0 Å². The van der Waals surface area contributed by atoms with Gasteiger partial charge in [-0.15, -0.1) is 11.3 Å². The van der Waals surface area contributed by atoms with Crippen LogP contribution in [0.3, 0.4) is 0 Å². The van der Waals surface area contributed by atoms with Crippen LogP contribution in [0, 0.1) is 17.8 Å². The van der Waals surface area contributed by atoms with Crippen molar-refractivity contribution in [1.29, 1.82) is 0 Å². The first kappa shape index (κ1) is 59.5. The average molecular weight is 1040 g/mol. The van der Waals surface area contributed by atoms with E-state index in [0.29, 0.717) is 57.2 Å². The molecule has 1 fully saturated rings. The number of unbranched alkanes of at least 4 members (excludes halogenated alkanes) is 2. The number of fused-ring (bicyclic) bond motifs is 1. The van der Waals surface area contributed by atoms with Gasteiger partial charge in [-0.3, -0.25) is 28.8 Å². The maximum absolute atomic E-state index is 14.6. The van der Waals surface area contributed by atoms with Crippen molar-refractivity contribution in [3.05, 3.63) is 59.7 Å². The third-order valence-electron chi connectivity index (χ3n) is 14.3. The van der Waals surface area contributed by atoms with Gasteiger partial charge in [-0.1, -0.05) is 89.6 Å². The minimum absolute atomic E-state index is 0.0774. The lowest BCUT2D eigenvalue weighted by atomic mass is 9.89. The average Bonchev–Trinajstić information content (AvgIpc) is 4.03. The summed E-state index contributed by atoms with van der Waals surface area (Å²) < 4.78 is 13.8. The number of hydrogen-bond acceptors (Lipinski definition) is 12. The van der Waals surface area contributed by atoms with E-state index in [1.165, 1.54) is 19.1 Å². The Labute approximate surface area is 434 Å². The van der Waals surface area contributed by atoms with E-state index in [1.807, 2.05) is 52.1 Å². The highest BCUT2D eigenvalue weighted by molar-refractivity contribution is 8.00.